The highest BCUT2D eigenvalue weighted by atomic mass is 32.2. The van der Waals surface area contributed by atoms with E-state index in [1.807, 2.05) is 0 Å². The zero-order chi connectivity index (χ0) is 10.9. The number of sulfonamides is 1. The highest BCUT2D eigenvalue weighted by Crippen LogP contribution is 2.30. The molecule has 14 heavy (non-hydrogen) atoms. The summed E-state index contributed by atoms with van der Waals surface area (Å²) in [6.45, 7) is 0. The van der Waals surface area contributed by atoms with Crippen LogP contribution < -0.4 is 5.14 Å². The molecule has 0 saturated heterocycles. The molecule has 0 aliphatic rings. The second kappa shape index (κ2) is 3.46. The van der Waals surface area contributed by atoms with Crippen LogP contribution in [0.25, 0.3) is 0 Å². The van der Waals surface area contributed by atoms with E-state index in [1.54, 1.807) is 0 Å². The Kier molecular flexibility index (Phi) is 2.67. The molecule has 5 nitrogen and oxygen atoms in total. The minimum absolute atomic E-state index is 0.643. The van der Waals surface area contributed by atoms with Crippen LogP contribution in [0.1, 0.15) is 12.0 Å². The first kappa shape index (κ1) is 10.8. The van der Waals surface area contributed by atoms with Crippen LogP contribution in [0.2, 0.25) is 0 Å². The number of rotatable bonds is 2. The van der Waals surface area contributed by atoms with Crippen molar-refractivity contribution in [2.45, 2.75) is 11.3 Å². The molecule has 0 aromatic carbocycles. The van der Waals surface area contributed by atoms with E-state index in [2.05, 4.69) is 10.1 Å². The normalized spacial score (nSPS) is 12.0. The van der Waals surface area contributed by atoms with E-state index in [9.17, 15) is 17.2 Å². The van der Waals surface area contributed by atoms with Gasteiger partial charge in [0.2, 0.25) is 10.0 Å². The van der Waals surface area contributed by atoms with Crippen LogP contribution in [0, 0.1) is 0 Å². The van der Waals surface area contributed by atoms with Crippen LogP contribution in [0.15, 0.2) is 17.3 Å². The van der Waals surface area contributed by atoms with Crippen molar-refractivity contribution in [2.75, 3.05) is 0 Å². The number of pyridine rings is 1. The van der Waals surface area contributed by atoms with Gasteiger partial charge in [-0.3, -0.25) is 4.98 Å². The van der Waals surface area contributed by atoms with Crippen molar-refractivity contribution in [1.29, 1.82) is 0 Å². The Hall–Kier alpha value is -1.28. The average Bonchev–Trinajstić information content (AvgIpc) is 2.01. The molecule has 0 amide bonds. The molecule has 0 bridgehead atoms. The Labute approximate surface area is 78.2 Å². The SMILES string of the molecule is NS(=O)(=O)c1c(O)cncc1C(F)F. The minimum atomic E-state index is -4.38. The Morgan fingerprint density at radius 3 is 2.36 bits per heavy atom. The van der Waals surface area contributed by atoms with E-state index in [1.165, 1.54) is 0 Å². The van der Waals surface area contributed by atoms with Gasteiger partial charge in [-0.2, -0.15) is 0 Å². The molecule has 78 valence electrons. The summed E-state index contributed by atoms with van der Waals surface area (Å²) >= 11 is 0. The molecule has 0 saturated carbocycles. The smallest absolute Gasteiger partial charge is 0.266 e. The van der Waals surface area contributed by atoms with Gasteiger partial charge in [0.15, 0.2) is 5.75 Å². The largest absolute Gasteiger partial charge is 0.505 e. The molecule has 0 aliphatic heterocycles. The van der Waals surface area contributed by atoms with Gasteiger partial charge in [-0.05, 0) is 0 Å². The maximum atomic E-state index is 12.3. The van der Waals surface area contributed by atoms with Crippen molar-refractivity contribution in [3.05, 3.63) is 18.0 Å². The van der Waals surface area contributed by atoms with Crippen molar-refractivity contribution in [2.24, 2.45) is 5.14 Å². The fourth-order valence-corrected chi connectivity index (χ4v) is 1.73. The van der Waals surface area contributed by atoms with Crippen LogP contribution in [0.3, 0.4) is 0 Å². The maximum absolute atomic E-state index is 12.3. The van der Waals surface area contributed by atoms with Gasteiger partial charge in [0.1, 0.15) is 4.90 Å². The lowest BCUT2D eigenvalue weighted by atomic mass is 10.3. The van der Waals surface area contributed by atoms with Crippen LogP contribution in [-0.4, -0.2) is 18.5 Å². The van der Waals surface area contributed by atoms with Crippen LogP contribution in [0.4, 0.5) is 8.78 Å². The Morgan fingerprint density at radius 2 is 2.00 bits per heavy atom. The average molecular weight is 224 g/mol. The Bertz CT molecular complexity index is 446. The quantitative estimate of drug-likeness (QED) is 0.759. The van der Waals surface area contributed by atoms with Gasteiger partial charge in [-0.15, -0.1) is 0 Å². The third-order valence-electron chi connectivity index (χ3n) is 1.42. The summed E-state index contributed by atoms with van der Waals surface area (Å²) in [6.07, 6.45) is -1.70. The number of hydrogen-bond donors (Lipinski definition) is 2. The monoisotopic (exact) mass is 224 g/mol. The van der Waals surface area contributed by atoms with E-state index < -0.39 is 32.7 Å². The summed E-state index contributed by atoms with van der Waals surface area (Å²) in [5.41, 5.74) is -0.910. The molecule has 0 radical (unpaired) electrons. The van der Waals surface area contributed by atoms with Gasteiger partial charge in [-0.1, -0.05) is 0 Å². The first-order valence-electron chi connectivity index (χ1n) is 3.32. The van der Waals surface area contributed by atoms with Crippen molar-refractivity contribution >= 4 is 10.0 Å². The Morgan fingerprint density at radius 1 is 1.43 bits per heavy atom. The highest BCUT2D eigenvalue weighted by Gasteiger charge is 2.24. The van der Waals surface area contributed by atoms with Crippen molar-refractivity contribution in [1.82, 2.24) is 4.98 Å². The van der Waals surface area contributed by atoms with Crippen molar-refractivity contribution in [3.8, 4) is 5.75 Å². The number of hydrogen-bond acceptors (Lipinski definition) is 4. The summed E-state index contributed by atoms with van der Waals surface area (Å²) in [5, 5.41) is 13.7. The molecular formula is C6H6F2N2O3S. The molecule has 3 N–H and O–H groups in total. The molecule has 0 fully saturated rings. The zero-order valence-corrected chi connectivity index (χ0v) is 7.50. The van der Waals surface area contributed by atoms with E-state index in [-0.39, 0.29) is 0 Å². The molecule has 8 heteroatoms. The molecule has 1 heterocycles. The molecule has 0 atom stereocenters. The topological polar surface area (TPSA) is 93.3 Å². The fourth-order valence-electron chi connectivity index (χ4n) is 0.919. The number of primary sulfonamides is 1. The molecular weight excluding hydrogens is 218 g/mol. The highest BCUT2D eigenvalue weighted by molar-refractivity contribution is 7.89. The third kappa shape index (κ3) is 1.96. The summed E-state index contributed by atoms with van der Waals surface area (Å²) in [5.74, 6) is -0.884. The summed E-state index contributed by atoms with van der Waals surface area (Å²) in [6, 6.07) is 0. The molecule has 0 spiro atoms. The lowest BCUT2D eigenvalue weighted by Gasteiger charge is -2.07. The molecule has 0 unspecified atom stereocenters. The Balaban J connectivity index is 3.54. The fraction of sp³-hybridized carbons (Fsp3) is 0.167. The molecule has 1 aromatic heterocycles. The van der Waals surface area contributed by atoms with Crippen LogP contribution in [0.5, 0.6) is 5.75 Å². The van der Waals surface area contributed by atoms with Crippen LogP contribution in [-0.2, 0) is 10.0 Å². The van der Waals surface area contributed by atoms with E-state index in [4.69, 9.17) is 5.11 Å². The molecule has 1 aromatic rings. The summed E-state index contributed by atoms with van der Waals surface area (Å²) < 4.78 is 46.2. The number of aromatic nitrogens is 1. The van der Waals surface area contributed by atoms with E-state index >= 15 is 0 Å². The van der Waals surface area contributed by atoms with Gasteiger partial charge in [0.05, 0.1) is 11.8 Å². The van der Waals surface area contributed by atoms with Crippen LogP contribution >= 0.6 is 0 Å². The second-order valence-corrected chi connectivity index (χ2v) is 3.92. The predicted molar refractivity (Wildman–Crippen MR) is 42.2 cm³/mol. The second-order valence-electron chi connectivity index (χ2n) is 2.42. The van der Waals surface area contributed by atoms with Gasteiger partial charge in [-0.25, -0.2) is 22.3 Å². The van der Waals surface area contributed by atoms with Crippen molar-refractivity contribution < 1.29 is 22.3 Å². The maximum Gasteiger partial charge on any atom is 0.266 e. The van der Waals surface area contributed by atoms with Gasteiger partial charge < -0.3 is 5.11 Å². The lowest BCUT2D eigenvalue weighted by molar-refractivity contribution is 0.146. The van der Waals surface area contributed by atoms with Gasteiger partial charge in [0, 0.05) is 6.20 Å². The number of alkyl halides is 2. The molecule has 1 rings (SSSR count). The summed E-state index contributed by atoms with van der Waals surface area (Å²) in [7, 11) is -4.38. The zero-order valence-electron chi connectivity index (χ0n) is 6.68. The van der Waals surface area contributed by atoms with E-state index in [0.717, 1.165) is 6.20 Å². The summed E-state index contributed by atoms with van der Waals surface area (Å²) in [4.78, 5) is 2.25. The first-order chi connectivity index (χ1) is 6.34. The predicted octanol–water partition coefficient (Wildman–Crippen LogP) is 0.372. The minimum Gasteiger partial charge on any atom is -0.505 e. The number of nitrogens with two attached hydrogens (primary N) is 1. The number of aromatic hydroxyl groups is 1. The molecule has 0 aliphatic carbocycles. The number of nitrogens with zero attached hydrogens (tertiary/aromatic N) is 1. The lowest BCUT2D eigenvalue weighted by Crippen LogP contribution is -2.15. The van der Waals surface area contributed by atoms with Gasteiger partial charge in [0.25, 0.3) is 6.43 Å². The van der Waals surface area contributed by atoms with E-state index in [0.29, 0.717) is 6.20 Å². The van der Waals surface area contributed by atoms with Gasteiger partial charge >= 0.3 is 0 Å². The van der Waals surface area contributed by atoms with Crippen molar-refractivity contribution in [3.63, 3.8) is 0 Å². The number of halogens is 2. The standard InChI is InChI=1S/C6H6F2N2O3S/c7-6(8)3-1-10-2-4(11)5(3)14(9,12)13/h1-2,6,11H,(H2,9,12,13). The first-order valence-corrected chi connectivity index (χ1v) is 4.86. The third-order valence-corrected chi connectivity index (χ3v) is 2.44.